The molecule has 0 unspecified atom stereocenters. The molecule has 2 aromatic carbocycles. The number of anilines is 1. The summed E-state index contributed by atoms with van der Waals surface area (Å²) in [6.45, 7) is 6.54. The van der Waals surface area contributed by atoms with Crippen molar-refractivity contribution < 1.29 is 13.2 Å². The Bertz CT molecular complexity index is 1030. The van der Waals surface area contributed by atoms with Crippen LogP contribution in [-0.4, -0.2) is 50.9 Å². The van der Waals surface area contributed by atoms with Crippen LogP contribution in [-0.2, 0) is 10.0 Å². The van der Waals surface area contributed by atoms with Crippen LogP contribution in [0.15, 0.2) is 59.5 Å². The van der Waals surface area contributed by atoms with E-state index in [1.807, 2.05) is 30.3 Å². The van der Waals surface area contributed by atoms with Gasteiger partial charge in [0.05, 0.1) is 4.90 Å². The molecule has 172 valence electrons. The van der Waals surface area contributed by atoms with Crippen LogP contribution in [0.3, 0.4) is 0 Å². The highest BCUT2D eigenvalue weighted by Gasteiger charge is 2.31. The van der Waals surface area contributed by atoms with Crippen molar-refractivity contribution in [1.29, 1.82) is 0 Å². The highest BCUT2D eigenvalue weighted by Crippen LogP contribution is 2.30. The number of nitrogens with zero attached hydrogens (tertiary/aromatic N) is 2. The number of para-hydroxylation sites is 1. The van der Waals surface area contributed by atoms with Crippen LogP contribution in [0.4, 0.5) is 5.69 Å². The van der Waals surface area contributed by atoms with Crippen LogP contribution < -0.4 is 10.2 Å². The Hall–Kier alpha value is -2.38. The topological polar surface area (TPSA) is 69.7 Å². The standard InChI is InChI=1S/C25H33N3O3S/c1-19-8-6-13-24(20(19)2)26-25(29)21-9-7-12-23(18-21)32(30,31)28-16-14-27(15-17-28)22-10-4-3-5-11-22/h3-5,7,9-12,18-20,24H,6,8,13-17H2,1-2H3,(H,26,29)/t19-,20-,24-/m1/s1. The Balaban J connectivity index is 1.43. The second-order valence-electron chi connectivity index (χ2n) is 9.10. The van der Waals surface area contributed by atoms with Crippen molar-refractivity contribution in [3.63, 3.8) is 0 Å². The summed E-state index contributed by atoms with van der Waals surface area (Å²) in [5.74, 6) is 0.803. The van der Waals surface area contributed by atoms with E-state index in [9.17, 15) is 13.2 Å². The van der Waals surface area contributed by atoms with Gasteiger partial charge < -0.3 is 10.2 Å². The largest absolute Gasteiger partial charge is 0.369 e. The molecule has 6 nitrogen and oxygen atoms in total. The number of piperazine rings is 1. The lowest BCUT2D eigenvalue weighted by molar-refractivity contribution is 0.0891. The van der Waals surface area contributed by atoms with Crippen LogP contribution in [0.1, 0.15) is 43.5 Å². The zero-order valence-corrected chi connectivity index (χ0v) is 19.7. The first kappa shape index (κ1) is 22.8. The molecule has 0 spiro atoms. The van der Waals surface area contributed by atoms with Gasteiger partial charge in [-0.15, -0.1) is 0 Å². The molecule has 1 heterocycles. The monoisotopic (exact) mass is 455 g/mol. The lowest BCUT2D eigenvalue weighted by Crippen LogP contribution is -2.48. The highest BCUT2D eigenvalue weighted by molar-refractivity contribution is 7.89. The molecule has 2 fully saturated rings. The van der Waals surface area contributed by atoms with Gasteiger partial charge in [0.15, 0.2) is 0 Å². The molecule has 32 heavy (non-hydrogen) atoms. The minimum Gasteiger partial charge on any atom is -0.369 e. The summed E-state index contributed by atoms with van der Waals surface area (Å²) < 4.78 is 28.1. The Kier molecular flexibility index (Phi) is 6.86. The predicted molar refractivity (Wildman–Crippen MR) is 127 cm³/mol. The summed E-state index contributed by atoms with van der Waals surface area (Å²) in [6.07, 6.45) is 3.28. The first-order valence-electron chi connectivity index (χ1n) is 11.6. The number of hydrogen-bond donors (Lipinski definition) is 1. The van der Waals surface area contributed by atoms with Gasteiger partial charge in [0.1, 0.15) is 0 Å². The third-order valence-corrected chi connectivity index (χ3v) is 9.01. The Morgan fingerprint density at radius 1 is 0.938 bits per heavy atom. The number of carbonyl (C=O) groups excluding carboxylic acids is 1. The Morgan fingerprint density at radius 2 is 1.66 bits per heavy atom. The normalized spacial score (nSPS) is 24.8. The SMILES string of the molecule is C[C@@H]1[C@H](C)CCC[C@H]1NC(=O)c1cccc(S(=O)(=O)N2CCN(c3ccccc3)CC2)c1. The van der Waals surface area contributed by atoms with Crippen LogP contribution in [0, 0.1) is 11.8 Å². The minimum absolute atomic E-state index is 0.137. The van der Waals surface area contributed by atoms with Gasteiger partial charge in [-0.1, -0.05) is 51.0 Å². The molecule has 4 rings (SSSR count). The van der Waals surface area contributed by atoms with E-state index < -0.39 is 10.0 Å². The molecule has 2 aromatic rings. The van der Waals surface area contributed by atoms with Crippen molar-refractivity contribution >= 4 is 21.6 Å². The Labute approximate surface area is 191 Å². The number of hydrogen-bond acceptors (Lipinski definition) is 4. The van der Waals surface area contributed by atoms with Crippen LogP contribution >= 0.6 is 0 Å². The maximum atomic E-state index is 13.3. The minimum atomic E-state index is -3.65. The van der Waals surface area contributed by atoms with Crippen LogP contribution in [0.2, 0.25) is 0 Å². The van der Waals surface area contributed by atoms with Gasteiger partial charge in [-0.25, -0.2) is 8.42 Å². The number of nitrogens with one attached hydrogen (secondary N) is 1. The summed E-state index contributed by atoms with van der Waals surface area (Å²) >= 11 is 0. The molecule has 1 aliphatic carbocycles. The number of amides is 1. The van der Waals surface area contributed by atoms with Crippen molar-refractivity contribution in [3.8, 4) is 0 Å². The van der Waals surface area contributed by atoms with E-state index >= 15 is 0 Å². The fraction of sp³-hybridized carbons (Fsp3) is 0.480. The second-order valence-corrected chi connectivity index (χ2v) is 11.0. The molecule has 1 saturated carbocycles. The smallest absolute Gasteiger partial charge is 0.251 e. The van der Waals surface area contributed by atoms with Gasteiger partial charge in [-0.2, -0.15) is 4.31 Å². The molecule has 0 bridgehead atoms. The van der Waals surface area contributed by atoms with Crippen molar-refractivity contribution in [3.05, 3.63) is 60.2 Å². The summed E-state index contributed by atoms with van der Waals surface area (Å²) in [5, 5.41) is 3.14. The van der Waals surface area contributed by atoms with E-state index in [0.29, 0.717) is 43.6 Å². The zero-order chi connectivity index (χ0) is 22.7. The summed E-state index contributed by atoms with van der Waals surface area (Å²) in [4.78, 5) is 15.3. The molecule has 2 aliphatic rings. The number of sulfonamides is 1. The van der Waals surface area contributed by atoms with Crippen LogP contribution in [0.25, 0.3) is 0 Å². The number of benzene rings is 2. The maximum Gasteiger partial charge on any atom is 0.251 e. The molecule has 1 saturated heterocycles. The molecule has 3 atom stereocenters. The first-order chi connectivity index (χ1) is 15.4. The van der Waals surface area contributed by atoms with Gasteiger partial charge in [0.25, 0.3) is 5.91 Å². The lowest BCUT2D eigenvalue weighted by atomic mass is 9.78. The van der Waals surface area contributed by atoms with E-state index in [4.69, 9.17) is 0 Å². The Morgan fingerprint density at radius 3 is 2.38 bits per heavy atom. The summed E-state index contributed by atoms with van der Waals surface area (Å²) in [7, 11) is -3.65. The van der Waals surface area contributed by atoms with Crippen molar-refractivity contribution in [2.75, 3.05) is 31.1 Å². The fourth-order valence-corrected chi connectivity index (χ4v) is 6.28. The molecular weight excluding hydrogens is 422 g/mol. The number of rotatable bonds is 5. The van der Waals surface area contributed by atoms with E-state index in [2.05, 4.69) is 24.1 Å². The van der Waals surface area contributed by atoms with Gasteiger partial charge in [0, 0.05) is 43.5 Å². The zero-order valence-electron chi connectivity index (χ0n) is 18.9. The van der Waals surface area contributed by atoms with Crippen molar-refractivity contribution in [1.82, 2.24) is 9.62 Å². The van der Waals surface area contributed by atoms with E-state index in [0.717, 1.165) is 18.5 Å². The number of carbonyl (C=O) groups is 1. The van der Waals surface area contributed by atoms with Gasteiger partial charge >= 0.3 is 0 Å². The molecule has 1 amide bonds. The summed E-state index contributed by atoms with van der Waals surface area (Å²) in [5.41, 5.74) is 1.51. The van der Waals surface area contributed by atoms with E-state index in [-0.39, 0.29) is 16.8 Å². The third-order valence-electron chi connectivity index (χ3n) is 7.12. The predicted octanol–water partition coefficient (Wildman–Crippen LogP) is 3.75. The molecule has 7 heteroatoms. The quantitative estimate of drug-likeness (QED) is 0.746. The molecule has 0 radical (unpaired) electrons. The maximum absolute atomic E-state index is 13.3. The van der Waals surface area contributed by atoms with Crippen LogP contribution in [0.5, 0.6) is 0 Å². The van der Waals surface area contributed by atoms with Gasteiger partial charge in [-0.05, 0) is 48.6 Å². The summed E-state index contributed by atoms with van der Waals surface area (Å²) in [6, 6.07) is 16.6. The molecule has 1 aliphatic heterocycles. The molecular formula is C25H33N3O3S. The molecule has 0 aromatic heterocycles. The van der Waals surface area contributed by atoms with Gasteiger partial charge in [-0.3, -0.25) is 4.79 Å². The van der Waals surface area contributed by atoms with E-state index in [1.165, 1.54) is 16.8 Å². The highest BCUT2D eigenvalue weighted by atomic mass is 32.2. The van der Waals surface area contributed by atoms with Gasteiger partial charge in [0.2, 0.25) is 10.0 Å². The van der Waals surface area contributed by atoms with E-state index in [1.54, 1.807) is 18.2 Å². The average molecular weight is 456 g/mol. The van der Waals surface area contributed by atoms with Crippen molar-refractivity contribution in [2.45, 2.75) is 44.0 Å². The first-order valence-corrected chi connectivity index (χ1v) is 13.0. The van der Waals surface area contributed by atoms with Crippen molar-refractivity contribution in [2.24, 2.45) is 11.8 Å². The fourth-order valence-electron chi connectivity index (χ4n) is 4.81. The third kappa shape index (κ3) is 4.84. The average Bonchev–Trinajstić information content (AvgIpc) is 2.83. The molecule has 1 N–H and O–H groups in total. The second kappa shape index (κ2) is 9.63. The lowest BCUT2D eigenvalue weighted by Gasteiger charge is -2.35.